The standard InChI is InChI=1S/C19H17FN5O5P.2Na/c1-24-7-6-18(23-24)22-17-5-2-12(9-21-17)15-4-3-13(8-16(15)20)25-10-14(30-19(25)26)11-29-31(27)28;;/h2-9,14H,10-11H2,1H3,(H,21,22,23);;/q-2;2*+1. The van der Waals surface area contributed by atoms with Gasteiger partial charge in [-0.1, -0.05) is 0 Å². The van der Waals surface area contributed by atoms with Crippen LogP contribution in [0.25, 0.3) is 11.1 Å². The Balaban J connectivity index is 0.00000193. The number of carbonyl (C=O) groups excluding carboxylic acids is 1. The summed E-state index contributed by atoms with van der Waals surface area (Å²) >= 11 is 0. The number of nitrogens with one attached hydrogen (secondary N) is 1. The van der Waals surface area contributed by atoms with Crippen LogP contribution in [-0.4, -0.2) is 40.1 Å². The summed E-state index contributed by atoms with van der Waals surface area (Å²) < 4.78 is 25.9. The molecule has 1 aromatic carbocycles. The second kappa shape index (κ2) is 12.6. The number of halogens is 1. The van der Waals surface area contributed by atoms with Crippen LogP contribution in [0.4, 0.5) is 26.5 Å². The van der Waals surface area contributed by atoms with Crippen molar-refractivity contribution < 1.29 is 87.3 Å². The SMILES string of the molecule is Cn1ccc(Nc2ccc(-c3ccc(N4CC(COP([O-])[O-])OC4=O)cc3F)cn2)n1.[Na+].[Na+]. The van der Waals surface area contributed by atoms with E-state index >= 15 is 0 Å². The van der Waals surface area contributed by atoms with Gasteiger partial charge in [-0.2, -0.15) is 13.7 Å². The number of amides is 1. The smallest absolute Gasteiger partial charge is 0.820 e. The predicted molar refractivity (Wildman–Crippen MR) is 107 cm³/mol. The van der Waals surface area contributed by atoms with Gasteiger partial charge in [0.1, 0.15) is 17.7 Å². The van der Waals surface area contributed by atoms with Crippen LogP contribution in [0.2, 0.25) is 0 Å². The predicted octanol–water partition coefficient (Wildman–Crippen LogP) is -4.34. The molecule has 162 valence electrons. The van der Waals surface area contributed by atoms with Crippen molar-refractivity contribution >= 4 is 32.0 Å². The number of hydrogen-bond acceptors (Lipinski definition) is 8. The van der Waals surface area contributed by atoms with Crippen molar-refractivity contribution in [2.24, 2.45) is 7.05 Å². The number of aromatic nitrogens is 3. The van der Waals surface area contributed by atoms with Crippen molar-refractivity contribution in [1.82, 2.24) is 14.8 Å². The molecule has 1 atom stereocenters. The van der Waals surface area contributed by atoms with E-state index in [-0.39, 0.29) is 72.3 Å². The molecule has 3 heterocycles. The Labute approximate surface area is 234 Å². The zero-order chi connectivity index (χ0) is 22.0. The van der Waals surface area contributed by atoms with Gasteiger partial charge in [0.2, 0.25) is 0 Å². The fourth-order valence-electron chi connectivity index (χ4n) is 3.11. The summed E-state index contributed by atoms with van der Waals surface area (Å²) in [4.78, 5) is 38.6. The van der Waals surface area contributed by atoms with Crippen molar-refractivity contribution in [2.45, 2.75) is 6.10 Å². The molecule has 1 aliphatic rings. The van der Waals surface area contributed by atoms with E-state index in [2.05, 4.69) is 19.9 Å². The van der Waals surface area contributed by atoms with Gasteiger partial charge >= 0.3 is 65.2 Å². The minimum absolute atomic E-state index is 0. The van der Waals surface area contributed by atoms with Gasteiger partial charge in [0.05, 0.1) is 18.8 Å². The molecule has 0 bridgehead atoms. The van der Waals surface area contributed by atoms with Gasteiger partial charge in [0.15, 0.2) is 5.82 Å². The summed E-state index contributed by atoms with van der Waals surface area (Å²) in [6, 6.07) is 9.57. The Morgan fingerprint density at radius 2 is 2.03 bits per heavy atom. The van der Waals surface area contributed by atoms with Crippen LogP contribution in [0, 0.1) is 5.82 Å². The average molecular weight is 491 g/mol. The van der Waals surface area contributed by atoms with E-state index in [4.69, 9.17) is 4.74 Å². The molecule has 3 aromatic rings. The Bertz CT molecular complexity index is 1090. The maximum atomic E-state index is 14.8. The molecule has 0 aliphatic carbocycles. The average Bonchev–Trinajstić information content (AvgIpc) is 3.32. The van der Waals surface area contributed by atoms with Crippen molar-refractivity contribution in [3.63, 3.8) is 0 Å². The van der Waals surface area contributed by atoms with E-state index < -0.39 is 26.6 Å². The molecule has 4 rings (SSSR count). The Hall–Kier alpha value is -1.11. The molecule has 1 amide bonds. The van der Waals surface area contributed by atoms with Crippen molar-refractivity contribution in [1.29, 1.82) is 0 Å². The van der Waals surface area contributed by atoms with Gasteiger partial charge < -0.3 is 24.4 Å². The van der Waals surface area contributed by atoms with Crippen molar-refractivity contribution in [2.75, 3.05) is 23.4 Å². The summed E-state index contributed by atoms with van der Waals surface area (Å²) in [6.45, 7) is -0.234. The number of aryl methyl sites for hydroxylation is 1. The Kier molecular flexibility index (Phi) is 10.7. The Morgan fingerprint density at radius 1 is 1.24 bits per heavy atom. The monoisotopic (exact) mass is 491 g/mol. The number of hydrogen-bond donors (Lipinski definition) is 1. The number of carbonyl (C=O) groups is 1. The van der Waals surface area contributed by atoms with E-state index in [9.17, 15) is 19.0 Å². The molecule has 1 N–H and O–H groups in total. The van der Waals surface area contributed by atoms with Crippen molar-refractivity contribution in [3.05, 3.63) is 54.6 Å². The van der Waals surface area contributed by atoms with Crippen LogP contribution in [0.1, 0.15) is 0 Å². The molecule has 0 spiro atoms. The normalized spacial score (nSPS) is 15.1. The first-order chi connectivity index (χ1) is 14.9. The summed E-state index contributed by atoms with van der Waals surface area (Å²) in [5.74, 6) is 0.661. The third-order valence-corrected chi connectivity index (χ3v) is 4.91. The molecule has 33 heavy (non-hydrogen) atoms. The molecule has 1 unspecified atom stereocenters. The first-order valence-electron chi connectivity index (χ1n) is 9.17. The van der Waals surface area contributed by atoms with Gasteiger partial charge in [0.25, 0.3) is 0 Å². The van der Waals surface area contributed by atoms with E-state index in [0.29, 0.717) is 28.5 Å². The summed E-state index contributed by atoms with van der Waals surface area (Å²) in [5.41, 5.74) is 1.17. The molecule has 1 saturated heterocycles. The Morgan fingerprint density at radius 3 is 2.64 bits per heavy atom. The van der Waals surface area contributed by atoms with E-state index in [1.807, 2.05) is 0 Å². The fourth-order valence-corrected chi connectivity index (χ4v) is 3.40. The quantitative estimate of drug-likeness (QED) is 0.260. The number of rotatable bonds is 7. The first kappa shape index (κ1) is 28.1. The van der Waals surface area contributed by atoms with E-state index in [1.165, 1.54) is 17.2 Å². The molecule has 14 heteroatoms. The maximum Gasteiger partial charge on any atom is 1.00 e. The van der Waals surface area contributed by atoms with Gasteiger partial charge in [0, 0.05) is 36.6 Å². The molecule has 0 radical (unpaired) electrons. The molecule has 0 saturated carbocycles. The molecule has 10 nitrogen and oxygen atoms in total. The molecular weight excluding hydrogens is 474 g/mol. The van der Waals surface area contributed by atoms with Crippen LogP contribution >= 0.6 is 8.60 Å². The first-order valence-corrected chi connectivity index (χ1v) is 10.3. The maximum absolute atomic E-state index is 14.8. The second-order valence-electron chi connectivity index (χ2n) is 6.73. The largest absolute Gasteiger partial charge is 1.00 e. The summed E-state index contributed by atoms with van der Waals surface area (Å²) in [5, 5.41) is 7.25. The topological polar surface area (TPSA) is 128 Å². The van der Waals surface area contributed by atoms with Gasteiger partial charge in [-0.25, -0.2) is 14.2 Å². The van der Waals surface area contributed by atoms with Crippen LogP contribution in [0.3, 0.4) is 0 Å². The van der Waals surface area contributed by atoms with E-state index in [0.717, 1.165) is 0 Å². The zero-order valence-electron chi connectivity index (χ0n) is 18.3. The molecule has 1 aliphatic heterocycles. The van der Waals surface area contributed by atoms with Gasteiger partial charge in [-0.3, -0.25) is 9.58 Å². The van der Waals surface area contributed by atoms with Gasteiger partial charge in [-0.15, -0.1) is 0 Å². The third kappa shape index (κ3) is 7.19. The summed E-state index contributed by atoms with van der Waals surface area (Å²) in [7, 11) is -1.23. The number of ether oxygens (including phenoxy) is 1. The number of pyridine rings is 1. The minimum Gasteiger partial charge on any atom is -0.820 e. The van der Waals surface area contributed by atoms with Crippen LogP contribution in [-0.2, 0) is 16.3 Å². The van der Waals surface area contributed by atoms with Gasteiger partial charge in [-0.05, 0) is 30.3 Å². The molecule has 2 aromatic heterocycles. The second-order valence-corrected chi connectivity index (χ2v) is 7.44. The number of anilines is 3. The fraction of sp³-hybridized carbons (Fsp3) is 0.211. The summed E-state index contributed by atoms with van der Waals surface area (Å²) in [6.07, 6.45) is 1.87. The number of nitrogens with zero attached hydrogens (tertiary/aromatic N) is 4. The third-order valence-electron chi connectivity index (χ3n) is 4.55. The molecule has 1 fully saturated rings. The molecular formula is C19H17FN5Na2O5P. The van der Waals surface area contributed by atoms with E-state index in [1.54, 1.807) is 48.3 Å². The minimum atomic E-state index is -3.04. The van der Waals surface area contributed by atoms with Crippen LogP contribution < -0.4 is 79.1 Å². The van der Waals surface area contributed by atoms with Crippen LogP contribution in [0.5, 0.6) is 0 Å². The number of cyclic esters (lactones) is 1. The number of benzene rings is 1. The zero-order valence-corrected chi connectivity index (χ0v) is 23.2. The van der Waals surface area contributed by atoms with Crippen LogP contribution in [0.15, 0.2) is 48.8 Å². The van der Waals surface area contributed by atoms with Crippen molar-refractivity contribution in [3.8, 4) is 11.1 Å².